The average molecular weight is 139 g/mol. The minimum atomic E-state index is 0.165. The Kier molecular flexibility index (Phi) is 2.63. The first-order valence-electron chi connectivity index (χ1n) is 3.68. The molecule has 10 heavy (non-hydrogen) atoms. The van der Waals surface area contributed by atoms with Crippen LogP contribution in [0.5, 0.6) is 0 Å². The van der Waals surface area contributed by atoms with Crippen LogP contribution in [0.15, 0.2) is 12.7 Å². The molecule has 1 unspecified atom stereocenters. The molecule has 0 N–H and O–H groups in total. The Labute approximate surface area is 61.5 Å². The molecule has 1 heterocycles. The van der Waals surface area contributed by atoms with Crippen LogP contribution in [-0.2, 0) is 4.79 Å². The van der Waals surface area contributed by atoms with Crippen molar-refractivity contribution in [1.82, 2.24) is 4.90 Å². The van der Waals surface area contributed by atoms with Gasteiger partial charge in [0.1, 0.15) is 6.29 Å². The fourth-order valence-electron chi connectivity index (χ4n) is 1.40. The molecule has 0 bridgehead atoms. The Hall–Kier alpha value is -0.630. The lowest BCUT2D eigenvalue weighted by atomic mass is 10.2. The topological polar surface area (TPSA) is 20.3 Å². The number of carbonyl (C=O) groups is 1. The van der Waals surface area contributed by atoms with Gasteiger partial charge in [-0.1, -0.05) is 6.08 Å². The lowest BCUT2D eigenvalue weighted by Gasteiger charge is -2.16. The van der Waals surface area contributed by atoms with Gasteiger partial charge in [0.05, 0.1) is 6.04 Å². The lowest BCUT2D eigenvalue weighted by Crippen LogP contribution is -2.30. The van der Waals surface area contributed by atoms with Gasteiger partial charge in [0.15, 0.2) is 0 Å². The molecule has 1 rings (SSSR count). The van der Waals surface area contributed by atoms with Crippen LogP contribution in [0.25, 0.3) is 0 Å². The Morgan fingerprint density at radius 3 is 3.10 bits per heavy atom. The van der Waals surface area contributed by atoms with Crippen LogP contribution in [0.2, 0.25) is 0 Å². The summed E-state index contributed by atoms with van der Waals surface area (Å²) in [5.74, 6) is 0. The summed E-state index contributed by atoms with van der Waals surface area (Å²) in [6.07, 6.45) is 5.06. The fourth-order valence-corrected chi connectivity index (χ4v) is 1.40. The van der Waals surface area contributed by atoms with Gasteiger partial charge in [-0.05, 0) is 19.4 Å². The molecule has 1 aliphatic heterocycles. The van der Waals surface area contributed by atoms with Crippen LogP contribution in [0.3, 0.4) is 0 Å². The van der Waals surface area contributed by atoms with Crippen LogP contribution < -0.4 is 0 Å². The highest BCUT2D eigenvalue weighted by molar-refractivity contribution is 5.58. The quantitative estimate of drug-likeness (QED) is 0.426. The minimum Gasteiger partial charge on any atom is -0.302 e. The Morgan fingerprint density at radius 2 is 2.50 bits per heavy atom. The van der Waals surface area contributed by atoms with Crippen molar-refractivity contribution in [2.45, 2.75) is 18.9 Å². The van der Waals surface area contributed by atoms with Gasteiger partial charge in [-0.3, -0.25) is 4.90 Å². The third-order valence-corrected chi connectivity index (χ3v) is 1.93. The van der Waals surface area contributed by atoms with Gasteiger partial charge in [0.25, 0.3) is 0 Å². The molecule has 1 fully saturated rings. The summed E-state index contributed by atoms with van der Waals surface area (Å²) >= 11 is 0. The zero-order valence-corrected chi connectivity index (χ0v) is 6.12. The van der Waals surface area contributed by atoms with Gasteiger partial charge in [-0.15, -0.1) is 6.58 Å². The predicted molar refractivity (Wildman–Crippen MR) is 40.9 cm³/mol. The summed E-state index contributed by atoms with van der Waals surface area (Å²) in [5, 5.41) is 0. The van der Waals surface area contributed by atoms with E-state index in [0.29, 0.717) is 0 Å². The second kappa shape index (κ2) is 3.52. The summed E-state index contributed by atoms with van der Waals surface area (Å²) in [7, 11) is 0. The third kappa shape index (κ3) is 1.45. The molecule has 0 amide bonds. The normalized spacial score (nSPS) is 26.6. The number of likely N-dealkylation sites (tertiary alicyclic amines) is 1. The molecule has 0 spiro atoms. The molecule has 0 aliphatic carbocycles. The molecule has 1 atom stereocenters. The van der Waals surface area contributed by atoms with Crippen molar-refractivity contribution in [3.8, 4) is 0 Å². The van der Waals surface area contributed by atoms with E-state index in [0.717, 1.165) is 32.2 Å². The Balaban J connectivity index is 2.41. The Morgan fingerprint density at radius 1 is 1.70 bits per heavy atom. The standard InChI is InChI=1S/C8H13NO/c1-2-5-9-6-3-4-8(9)7-10/h2,7-8H,1,3-6H2. The molecule has 0 aromatic carbocycles. The van der Waals surface area contributed by atoms with E-state index in [-0.39, 0.29) is 6.04 Å². The van der Waals surface area contributed by atoms with Crippen LogP contribution >= 0.6 is 0 Å². The average Bonchev–Trinajstić information content (AvgIpc) is 2.36. The molecule has 0 aromatic heterocycles. The van der Waals surface area contributed by atoms with E-state index in [1.807, 2.05) is 6.08 Å². The van der Waals surface area contributed by atoms with Crippen LogP contribution in [0, 0.1) is 0 Å². The number of rotatable bonds is 3. The molecule has 2 nitrogen and oxygen atoms in total. The van der Waals surface area contributed by atoms with Gasteiger partial charge in [-0.25, -0.2) is 0 Å². The van der Waals surface area contributed by atoms with Crippen molar-refractivity contribution in [2.75, 3.05) is 13.1 Å². The SMILES string of the molecule is C=CCN1CCCC1C=O. The lowest BCUT2D eigenvalue weighted by molar-refractivity contribution is -0.111. The number of nitrogens with zero attached hydrogens (tertiary/aromatic N) is 1. The van der Waals surface area contributed by atoms with Crippen LogP contribution in [-0.4, -0.2) is 30.3 Å². The van der Waals surface area contributed by atoms with E-state index >= 15 is 0 Å². The van der Waals surface area contributed by atoms with E-state index in [4.69, 9.17) is 0 Å². The zero-order valence-electron chi connectivity index (χ0n) is 6.12. The number of hydrogen-bond donors (Lipinski definition) is 0. The van der Waals surface area contributed by atoms with Crippen molar-refractivity contribution in [2.24, 2.45) is 0 Å². The van der Waals surface area contributed by atoms with Crippen LogP contribution in [0.1, 0.15) is 12.8 Å². The van der Waals surface area contributed by atoms with E-state index in [2.05, 4.69) is 11.5 Å². The molecule has 0 aromatic rings. The highest BCUT2D eigenvalue weighted by Crippen LogP contribution is 2.14. The Bertz CT molecular complexity index is 133. The molecule has 56 valence electrons. The summed E-state index contributed by atoms with van der Waals surface area (Å²) < 4.78 is 0. The van der Waals surface area contributed by atoms with Crippen molar-refractivity contribution in [3.63, 3.8) is 0 Å². The first kappa shape index (κ1) is 7.48. The minimum absolute atomic E-state index is 0.165. The number of carbonyl (C=O) groups excluding carboxylic acids is 1. The van der Waals surface area contributed by atoms with E-state index in [9.17, 15) is 4.79 Å². The fraction of sp³-hybridized carbons (Fsp3) is 0.625. The monoisotopic (exact) mass is 139 g/mol. The maximum absolute atomic E-state index is 10.4. The number of aldehydes is 1. The zero-order chi connectivity index (χ0) is 7.40. The summed E-state index contributed by atoms with van der Waals surface area (Å²) in [6, 6.07) is 0.165. The van der Waals surface area contributed by atoms with Crippen molar-refractivity contribution < 1.29 is 4.79 Å². The first-order chi connectivity index (χ1) is 4.88. The van der Waals surface area contributed by atoms with Gasteiger partial charge < -0.3 is 4.79 Å². The number of hydrogen-bond acceptors (Lipinski definition) is 2. The predicted octanol–water partition coefficient (Wildman–Crippen LogP) is 0.836. The first-order valence-corrected chi connectivity index (χ1v) is 3.68. The third-order valence-electron chi connectivity index (χ3n) is 1.93. The van der Waals surface area contributed by atoms with Gasteiger partial charge >= 0.3 is 0 Å². The van der Waals surface area contributed by atoms with Gasteiger partial charge in [0.2, 0.25) is 0 Å². The molecule has 2 heteroatoms. The second-order valence-corrected chi connectivity index (χ2v) is 2.63. The van der Waals surface area contributed by atoms with E-state index in [1.165, 1.54) is 0 Å². The summed E-state index contributed by atoms with van der Waals surface area (Å²) in [5.41, 5.74) is 0. The van der Waals surface area contributed by atoms with Gasteiger partial charge in [0, 0.05) is 6.54 Å². The van der Waals surface area contributed by atoms with Crippen molar-refractivity contribution >= 4 is 6.29 Å². The van der Waals surface area contributed by atoms with E-state index < -0.39 is 0 Å². The largest absolute Gasteiger partial charge is 0.302 e. The smallest absolute Gasteiger partial charge is 0.137 e. The van der Waals surface area contributed by atoms with Gasteiger partial charge in [-0.2, -0.15) is 0 Å². The molecule has 1 aliphatic rings. The van der Waals surface area contributed by atoms with Crippen molar-refractivity contribution in [1.29, 1.82) is 0 Å². The maximum atomic E-state index is 10.4. The van der Waals surface area contributed by atoms with E-state index in [1.54, 1.807) is 0 Å². The molecular formula is C8H13NO. The molecule has 0 radical (unpaired) electrons. The second-order valence-electron chi connectivity index (χ2n) is 2.63. The highest BCUT2D eigenvalue weighted by Gasteiger charge is 2.21. The van der Waals surface area contributed by atoms with Crippen molar-refractivity contribution in [3.05, 3.63) is 12.7 Å². The molecule has 1 saturated heterocycles. The summed E-state index contributed by atoms with van der Waals surface area (Å²) in [4.78, 5) is 12.6. The maximum Gasteiger partial charge on any atom is 0.137 e. The van der Waals surface area contributed by atoms with Crippen LogP contribution in [0.4, 0.5) is 0 Å². The molecular weight excluding hydrogens is 126 g/mol. The summed E-state index contributed by atoms with van der Waals surface area (Å²) in [6.45, 7) is 5.54. The molecule has 0 saturated carbocycles. The highest BCUT2D eigenvalue weighted by atomic mass is 16.1.